The van der Waals surface area contributed by atoms with Crippen LogP contribution in [0.4, 0.5) is 0 Å². The lowest BCUT2D eigenvalue weighted by Gasteiger charge is -2.09. The molecule has 1 atom stereocenters. The Balaban J connectivity index is 2.49. The summed E-state index contributed by atoms with van der Waals surface area (Å²) in [7, 11) is 0. The second-order valence-electron chi connectivity index (χ2n) is 4.40. The summed E-state index contributed by atoms with van der Waals surface area (Å²) in [4.78, 5) is 0. The molecule has 1 aromatic rings. The van der Waals surface area contributed by atoms with Crippen LogP contribution in [0.1, 0.15) is 26.3 Å². The van der Waals surface area contributed by atoms with Gasteiger partial charge in [-0.25, -0.2) is 0 Å². The minimum absolute atomic E-state index is 0.278. The third-order valence-corrected chi connectivity index (χ3v) is 2.21. The van der Waals surface area contributed by atoms with E-state index in [0.29, 0.717) is 12.5 Å². The first-order valence-electron chi connectivity index (χ1n) is 5.47. The number of thiol groups is 1. The second kappa shape index (κ2) is 6.06. The van der Waals surface area contributed by atoms with Gasteiger partial charge < -0.3 is 4.74 Å². The molecule has 0 bridgehead atoms. The van der Waals surface area contributed by atoms with Crippen molar-refractivity contribution in [3.63, 3.8) is 0 Å². The number of hydrogen-bond acceptors (Lipinski definition) is 2. The average Bonchev–Trinajstić information content (AvgIpc) is 2.16. The molecule has 1 rings (SSSR count). The van der Waals surface area contributed by atoms with Crippen molar-refractivity contribution in [2.45, 2.75) is 32.4 Å². The highest BCUT2D eigenvalue weighted by Crippen LogP contribution is 2.15. The lowest BCUT2D eigenvalue weighted by Crippen LogP contribution is -2.07. The normalized spacial score (nSPS) is 12.9. The summed E-state index contributed by atoms with van der Waals surface area (Å²) in [5.74, 6) is 1.64. The number of ether oxygens (including phenoxy) is 1. The van der Waals surface area contributed by atoms with Crippen LogP contribution in [-0.2, 0) is 6.42 Å². The van der Waals surface area contributed by atoms with Crippen LogP contribution in [0, 0.1) is 5.92 Å². The first kappa shape index (κ1) is 12.4. The third kappa shape index (κ3) is 5.12. The van der Waals surface area contributed by atoms with Crippen LogP contribution >= 0.6 is 12.6 Å². The van der Waals surface area contributed by atoms with Crippen molar-refractivity contribution >= 4 is 12.6 Å². The molecule has 0 radical (unpaired) electrons. The van der Waals surface area contributed by atoms with Gasteiger partial charge >= 0.3 is 0 Å². The Hall–Kier alpha value is -0.630. The minimum Gasteiger partial charge on any atom is -0.492 e. The Labute approximate surface area is 98.3 Å². The number of benzene rings is 1. The van der Waals surface area contributed by atoms with Crippen molar-refractivity contribution in [3.05, 3.63) is 29.8 Å². The van der Waals surface area contributed by atoms with Gasteiger partial charge in [0.25, 0.3) is 0 Å². The predicted octanol–water partition coefficient (Wildman–Crippen LogP) is 3.58. The third-order valence-electron chi connectivity index (χ3n) is 2.06. The molecule has 0 saturated heterocycles. The van der Waals surface area contributed by atoms with Crippen LogP contribution in [0.5, 0.6) is 5.75 Å². The molecule has 1 aromatic carbocycles. The predicted molar refractivity (Wildman–Crippen MR) is 68.9 cm³/mol. The Morgan fingerprint density at radius 3 is 2.20 bits per heavy atom. The average molecular weight is 224 g/mol. The molecule has 0 aliphatic rings. The fraction of sp³-hybridized carbons (Fsp3) is 0.538. The summed E-state index contributed by atoms with van der Waals surface area (Å²) in [6.45, 7) is 7.14. The molecule has 84 valence electrons. The van der Waals surface area contributed by atoms with Gasteiger partial charge in [-0.2, -0.15) is 12.6 Å². The van der Waals surface area contributed by atoms with Crippen LogP contribution in [-0.4, -0.2) is 11.9 Å². The molecule has 0 saturated carbocycles. The molecule has 0 aliphatic heterocycles. The highest BCUT2D eigenvalue weighted by atomic mass is 32.1. The Bertz CT molecular complexity index is 277. The number of rotatable bonds is 5. The highest BCUT2D eigenvalue weighted by molar-refractivity contribution is 7.80. The SMILES string of the molecule is CC(C)Cc1ccc(OCC(C)S)cc1. The van der Waals surface area contributed by atoms with E-state index in [1.807, 2.05) is 19.1 Å². The van der Waals surface area contributed by atoms with E-state index in [4.69, 9.17) is 4.74 Å². The summed E-state index contributed by atoms with van der Waals surface area (Å²) in [6.07, 6.45) is 1.13. The van der Waals surface area contributed by atoms with Gasteiger partial charge in [0.2, 0.25) is 0 Å². The Morgan fingerprint density at radius 1 is 1.13 bits per heavy atom. The maximum atomic E-state index is 5.55. The first-order valence-corrected chi connectivity index (χ1v) is 5.99. The van der Waals surface area contributed by atoms with Crippen molar-refractivity contribution in [1.82, 2.24) is 0 Å². The summed E-state index contributed by atoms with van der Waals surface area (Å²) in [6, 6.07) is 8.35. The minimum atomic E-state index is 0.278. The molecule has 0 heterocycles. The van der Waals surface area contributed by atoms with Gasteiger partial charge in [0.15, 0.2) is 0 Å². The fourth-order valence-corrected chi connectivity index (χ4v) is 1.48. The molecule has 0 fully saturated rings. The van der Waals surface area contributed by atoms with E-state index in [1.54, 1.807) is 0 Å². The van der Waals surface area contributed by atoms with Crippen molar-refractivity contribution in [2.24, 2.45) is 5.92 Å². The fourth-order valence-electron chi connectivity index (χ4n) is 1.41. The lowest BCUT2D eigenvalue weighted by molar-refractivity contribution is 0.322. The second-order valence-corrected chi connectivity index (χ2v) is 5.28. The molecule has 0 spiro atoms. The quantitative estimate of drug-likeness (QED) is 0.752. The molecule has 0 aliphatic carbocycles. The Morgan fingerprint density at radius 2 is 1.73 bits per heavy atom. The van der Waals surface area contributed by atoms with Gasteiger partial charge in [-0.1, -0.05) is 32.9 Å². The van der Waals surface area contributed by atoms with E-state index < -0.39 is 0 Å². The largest absolute Gasteiger partial charge is 0.492 e. The smallest absolute Gasteiger partial charge is 0.119 e. The molecule has 1 unspecified atom stereocenters. The standard InChI is InChI=1S/C13H20OS/c1-10(2)8-12-4-6-13(7-5-12)14-9-11(3)15/h4-7,10-11,15H,8-9H2,1-3H3. The molecule has 2 heteroatoms. The maximum absolute atomic E-state index is 5.55. The first-order chi connectivity index (χ1) is 7.08. The van der Waals surface area contributed by atoms with Gasteiger partial charge in [-0.15, -0.1) is 0 Å². The van der Waals surface area contributed by atoms with E-state index in [0.717, 1.165) is 12.2 Å². The van der Waals surface area contributed by atoms with E-state index in [9.17, 15) is 0 Å². The van der Waals surface area contributed by atoms with Crippen LogP contribution in [0.3, 0.4) is 0 Å². The van der Waals surface area contributed by atoms with Gasteiger partial charge in [0.1, 0.15) is 5.75 Å². The topological polar surface area (TPSA) is 9.23 Å². The van der Waals surface area contributed by atoms with Crippen LogP contribution in [0.15, 0.2) is 24.3 Å². The summed E-state index contributed by atoms with van der Waals surface area (Å²) >= 11 is 4.27. The van der Waals surface area contributed by atoms with Gasteiger partial charge in [0.05, 0.1) is 6.61 Å². The summed E-state index contributed by atoms with van der Waals surface area (Å²) < 4.78 is 5.55. The molecular weight excluding hydrogens is 204 g/mol. The highest BCUT2D eigenvalue weighted by Gasteiger charge is 2.00. The van der Waals surface area contributed by atoms with Crippen LogP contribution in [0.25, 0.3) is 0 Å². The van der Waals surface area contributed by atoms with Gasteiger partial charge in [0, 0.05) is 5.25 Å². The van der Waals surface area contributed by atoms with Crippen molar-refractivity contribution in [1.29, 1.82) is 0 Å². The summed E-state index contributed by atoms with van der Waals surface area (Å²) in [5.41, 5.74) is 1.37. The zero-order chi connectivity index (χ0) is 11.3. The van der Waals surface area contributed by atoms with Gasteiger partial charge in [-0.05, 0) is 30.0 Å². The van der Waals surface area contributed by atoms with Gasteiger partial charge in [-0.3, -0.25) is 0 Å². The molecule has 0 amide bonds. The molecular formula is C13H20OS. The molecule has 0 N–H and O–H groups in total. The van der Waals surface area contributed by atoms with Crippen LogP contribution in [0.2, 0.25) is 0 Å². The lowest BCUT2D eigenvalue weighted by atomic mass is 10.0. The Kier molecular flexibility index (Phi) is 5.03. The molecule has 1 nitrogen and oxygen atoms in total. The zero-order valence-electron chi connectivity index (χ0n) is 9.73. The summed E-state index contributed by atoms with van der Waals surface area (Å²) in [5, 5.41) is 0.278. The maximum Gasteiger partial charge on any atom is 0.119 e. The van der Waals surface area contributed by atoms with Crippen molar-refractivity contribution in [2.75, 3.05) is 6.61 Å². The monoisotopic (exact) mass is 224 g/mol. The van der Waals surface area contributed by atoms with Crippen LogP contribution < -0.4 is 4.74 Å². The van der Waals surface area contributed by atoms with E-state index >= 15 is 0 Å². The molecule has 0 aromatic heterocycles. The molecule has 15 heavy (non-hydrogen) atoms. The van der Waals surface area contributed by atoms with Crippen molar-refractivity contribution < 1.29 is 4.74 Å². The van der Waals surface area contributed by atoms with E-state index in [-0.39, 0.29) is 5.25 Å². The van der Waals surface area contributed by atoms with Crippen molar-refractivity contribution in [3.8, 4) is 5.75 Å². The van der Waals surface area contributed by atoms with E-state index in [2.05, 4.69) is 38.6 Å². The zero-order valence-corrected chi connectivity index (χ0v) is 10.6. The van der Waals surface area contributed by atoms with E-state index in [1.165, 1.54) is 5.56 Å². The number of hydrogen-bond donors (Lipinski definition) is 1.